The highest BCUT2D eigenvalue weighted by atomic mass is 16.6. The van der Waals surface area contributed by atoms with E-state index in [0.29, 0.717) is 12.0 Å². The zero-order chi connectivity index (χ0) is 16.0. The van der Waals surface area contributed by atoms with Crippen molar-refractivity contribution in [3.63, 3.8) is 0 Å². The van der Waals surface area contributed by atoms with Gasteiger partial charge in [0, 0.05) is 6.54 Å². The third-order valence-corrected chi connectivity index (χ3v) is 2.85. The maximum absolute atomic E-state index is 12.1. The maximum Gasteiger partial charge on any atom is 0.337 e. The van der Waals surface area contributed by atoms with Gasteiger partial charge in [-0.3, -0.25) is 4.79 Å². The molecule has 0 fully saturated rings. The normalized spacial score (nSPS) is 12.6. The SMILES string of the molecule is COC(=O)c1cccc(CC(CN)C(=O)OC(C)(C)C)c1. The first-order valence-corrected chi connectivity index (χ1v) is 6.87. The third-order valence-electron chi connectivity index (χ3n) is 2.85. The van der Waals surface area contributed by atoms with Gasteiger partial charge in [0.05, 0.1) is 18.6 Å². The Morgan fingerprint density at radius 2 is 1.95 bits per heavy atom. The van der Waals surface area contributed by atoms with Crippen LogP contribution in [0, 0.1) is 5.92 Å². The van der Waals surface area contributed by atoms with Crippen molar-refractivity contribution in [1.82, 2.24) is 0 Å². The molecule has 0 heterocycles. The Morgan fingerprint density at radius 3 is 2.48 bits per heavy atom. The quantitative estimate of drug-likeness (QED) is 0.839. The van der Waals surface area contributed by atoms with Gasteiger partial charge in [-0.05, 0) is 44.9 Å². The summed E-state index contributed by atoms with van der Waals surface area (Å²) in [6.45, 7) is 5.64. The Morgan fingerprint density at radius 1 is 1.29 bits per heavy atom. The fourth-order valence-corrected chi connectivity index (χ4v) is 1.88. The molecule has 0 aromatic heterocycles. The minimum Gasteiger partial charge on any atom is -0.465 e. The van der Waals surface area contributed by atoms with Crippen molar-refractivity contribution in [1.29, 1.82) is 0 Å². The maximum atomic E-state index is 12.1. The molecule has 0 saturated heterocycles. The number of benzene rings is 1. The van der Waals surface area contributed by atoms with Crippen molar-refractivity contribution in [2.45, 2.75) is 32.8 Å². The van der Waals surface area contributed by atoms with Crippen LogP contribution < -0.4 is 5.73 Å². The van der Waals surface area contributed by atoms with Crippen LogP contribution >= 0.6 is 0 Å². The van der Waals surface area contributed by atoms with E-state index in [1.54, 1.807) is 18.2 Å². The highest BCUT2D eigenvalue weighted by molar-refractivity contribution is 5.89. The number of methoxy groups -OCH3 is 1. The van der Waals surface area contributed by atoms with Crippen LogP contribution in [0.5, 0.6) is 0 Å². The molecule has 2 N–H and O–H groups in total. The minimum absolute atomic E-state index is 0.192. The molecule has 0 spiro atoms. The van der Waals surface area contributed by atoms with Crippen LogP contribution in [0.25, 0.3) is 0 Å². The summed E-state index contributed by atoms with van der Waals surface area (Å²) < 4.78 is 10.0. The van der Waals surface area contributed by atoms with Gasteiger partial charge in [-0.1, -0.05) is 12.1 Å². The summed E-state index contributed by atoms with van der Waals surface area (Å²) in [5.41, 5.74) is 6.43. The zero-order valence-electron chi connectivity index (χ0n) is 13.0. The first-order chi connectivity index (χ1) is 9.76. The van der Waals surface area contributed by atoms with Gasteiger partial charge in [0.1, 0.15) is 5.60 Å². The lowest BCUT2D eigenvalue weighted by molar-refractivity contribution is -0.159. The smallest absolute Gasteiger partial charge is 0.337 e. The largest absolute Gasteiger partial charge is 0.465 e. The van der Waals surface area contributed by atoms with Crippen molar-refractivity contribution >= 4 is 11.9 Å². The van der Waals surface area contributed by atoms with Gasteiger partial charge in [0.25, 0.3) is 0 Å². The van der Waals surface area contributed by atoms with Gasteiger partial charge in [-0.25, -0.2) is 4.79 Å². The molecule has 0 radical (unpaired) electrons. The van der Waals surface area contributed by atoms with E-state index < -0.39 is 17.5 Å². The van der Waals surface area contributed by atoms with Gasteiger partial charge in [0.15, 0.2) is 0 Å². The van der Waals surface area contributed by atoms with Gasteiger partial charge in [-0.2, -0.15) is 0 Å². The van der Waals surface area contributed by atoms with Crippen molar-refractivity contribution in [3.05, 3.63) is 35.4 Å². The van der Waals surface area contributed by atoms with Crippen molar-refractivity contribution in [2.24, 2.45) is 11.7 Å². The lowest BCUT2D eigenvalue weighted by Crippen LogP contribution is -2.33. The molecule has 1 atom stereocenters. The lowest BCUT2D eigenvalue weighted by atomic mass is 9.97. The standard InChI is InChI=1S/C16H23NO4/c1-16(2,3)21-15(19)13(10-17)9-11-6-5-7-12(8-11)14(18)20-4/h5-8,13H,9-10,17H2,1-4H3. The van der Waals surface area contributed by atoms with Crippen LogP contribution in [0.4, 0.5) is 0 Å². The Bertz CT molecular complexity index is 505. The average molecular weight is 293 g/mol. The Hall–Kier alpha value is -1.88. The second kappa shape index (κ2) is 7.22. The molecular formula is C16H23NO4. The topological polar surface area (TPSA) is 78.6 Å². The second-order valence-electron chi connectivity index (χ2n) is 5.86. The van der Waals surface area contributed by atoms with E-state index in [-0.39, 0.29) is 12.5 Å². The summed E-state index contributed by atoms with van der Waals surface area (Å²) in [6, 6.07) is 6.98. The molecule has 5 heteroatoms. The number of ether oxygens (including phenoxy) is 2. The molecule has 1 unspecified atom stereocenters. The number of hydrogen-bond donors (Lipinski definition) is 1. The summed E-state index contributed by atoms with van der Waals surface area (Å²) in [7, 11) is 1.33. The summed E-state index contributed by atoms with van der Waals surface area (Å²) in [5, 5.41) is 0. The van der Waals surface area contributed by atoms with Gasteiger partial charge < -0.3 is 15.2 Å². The van der Waals surface area contributed by atoms with Crippen LogP contribution in [-0.2, 0) is 20.7 Å². The monoisotopic (exact) mass is 293 g/mol. The van der Waals surface area contributed by atoms with E-state index in [4.69, 9.17) is 10.5 Å². The van der Waals surface area contributed by atoms with Crippen molar-refractivity contribution in [3.8, 4) is 0 Å². The molecule has 1 rings (SSSR count). The Labute approximate surface area is 125 Å². The molecule has 0 aliphatic heterocycles. The van der Waals surface area contributed by atoms with Crippen molar-refractivity contribution < 1.29 is 19.1 Å². The molecule has 116 valence electrons. The Balaban J connectivity index is 2.82. The number of carbonyl (C=O) groups excluding carboxylic acids is 2. The summed E-state index contributed by atoms with van der Waals surface area (Å²) in [4.78, 5) is 23.6. The van der Waals surface area contributed by atoms with Gasteiger partial charge >= 0.3 is 11.9 Å². The molecule has 0 bridgehead atoms. The first kappa shape index (κ1) is 17.2. The van der Waals surface area contributed by atoms with Crippen molar-refractivity contribution in [2.75, 3.05) is 13.7 Å². The predicted octanol–water partition coefficient (Wildman–Crippen LogP) is 1.93. The molecule has 0 amide bonds. The molecule has 0 aliphatic rings. The van der Waals surface area contributed by atoms with E-state index in [2.05, 4.69) is 4.74 Å². The van der Waals surface area contributed by atoms with Crippen LogP contribution in [0.2, 0.25) is 0 Å². The fourth-order valence-electron chi connectivity index (χ4n) is 1.88. The number of rotatable bonds is 5. The molecular weight excluding hydrogens is 270 g/mol. The molecule has 0 aliphatic carbocycles. The Kier molecular flexibility index (Phi) is 5.90. The summed E-state index contributed by atoms with van der Waals surface area (Å²) >= 11 is 0. The first-order valence-electron chi connectivity index (χ1n) is 6.87. The van der Waals surface area contributed by atoms with E-state index in [1.807, 2.05) is 26.8 Å². The molecule has 1 aromatic rings. The van der Waals surface area contributed by atoms with Crippen LogP contribution in [0.15, 0.2) is 24.3 Å². The fraction of sp³-hybridized carbons (Fsp3) is 0.500. The number of esters is 2. The van der Waals surface area contributed by atoms with Crippen LogP contribution in [-0.4, -0.2) is 31.2 Å². The summed E-state index contributed by atoms with van der Waals surface area (Å²) in [5.74, 6) is -1.16. The van der Waals surface area contributed by atoms with Crippen LogP contribution in [0.3, 0.4) is 0 Å². The molecule has 21 heavy (non-hydrogen) atoms. The number of hydrogen-bond acceptors (Lipinski definition) is 5. The van der Waals surface area contributed by atoms with E-state index in [1.165, 1.54) is 7.11 Å². The van der Waals surface area contributed by atoms with Gasteiger partial charge in [-0.15, -0.1) is 0 Å². The summed E-state index contributed by atoms with van der Waals surface area (Å²) in [6.07, 6.45) is 0.427. The zero-order valence-corrected chi connectivity index (χ0v) is 13.0. The van der Waals surface area contributed by atoms with E-state index >= 15 is 0 Å². The van der Waals surface area contributed by atoms with Gasteiger partial charge in [0.2, 0.25) is 0 Å². The van der Waals surface area contributed by atoms with E-state index in [0.717, 1.165) is 5.56 Å². The molecule has 0 saturated carbocycles. The highest BCUT2D eigenvalue weighted by Gasteiger charge is 2.24. The highest BCUT2D eigenvalue weighted by Crippen LogP contribution is 2.16. The number of carbonyl (C=O) groups is 2. The average Bonchev–Trinajstić information content (AvgIpc) is 2.42. The van der Waals surface area contributed by atoms with E-state index in [9.17, 15) is 9.59 Å². The van der Waals surface area contributed by atoms with Crippen LogP contribution in [0.1, 0.15) is 36.7 Å². The number of nitrogens with two attached hydrogens (primary N) is 1. The lowest BCUT2D eigenvalue weighted by Gasteiger charge is -2.23. The molecule has 1 aromatic carbocycles. The third kappa shape index (κ3) is 5.55. The molecule has 5 nitrogen and oxygen atoms in total. The second-order valence-corrected chi connectivity index (χ2v) is 5.86. The predicted molar refractivity (Wildman–Crippen MR) is 79.9 cm³/mol. The minimum atomic E-state index is -0.543.